The first-order chi connectivity index (χ1) is 14.7. The number of thioether (sulfide) groups is 1. The van der Waals surface area contributed by atoms with Crippen LogP contribution in [0, 0.1) is 5.92 Å². The van der Waals surface area contributed by atoms with E-state index in [1.165, 1.54) is 0 Å². The van der Waals surface area contributed by atoms with Crippen LogP contribution in [-0.4, -0.2) is 48.7 Å². The highest BCUT2D eigenvalue weighted by Crippen LogP contribution is 2.28. The summed E-state index contributed by atoms with van der Waals surface area (Å²) in [7, 11) is 0. The monoisotopic (exact) mass is 442 g/mol. The van der Waals surface area contributed by atoms with Gasteiger partial charge in [-0.15, -0.1) is 0 Å². The number of anilines is 1. The fourth-order valence-corrected chi connectivity index (χ4v) is 3.96. The number of ether oxygens (including phenoxy) is 1. The molecule has 0 saturated carbocycles. The van der Waals surface area contributed by atoms with Gasteiger partial charge >= 0.3 is 0 Å². The van der Waals surface area contributed by atoms with Crippen molar-refractivity contribution >= 4 is 23.5 Å². The van der Waals surface area contributed by atoms with Crippen molar-refractivity contribution in [2.75, 3.05) is 37.7 Å². The third-order valence-electron chi connectivity index (χ3n) is 5.02. The number of benzene rings is 1. The van der Waals surface area contributed by atoms with E-state index < -0.39 is 0 Å². The van der Waals surface area contributed by atoms with E-state index in [0.717, 1.165) is 48.5 Å². The minimum Gasteiger partial charge on any atom is -0.378 e. The van der Waals surface area contributed by atoms with E-state index in [0.29, 0.717) is 23.8 Å². The summed E-state index contributed by atoms with van der Waals surface area (Å²) in [6.07, 6.45) is 0. The summed E-state index contributed by atoms with van der Waals surface area (Å²) in [5.41, 5.74) is 2.75. The van der Waals surface area contributed by atoms with Crippen LogP contribution in [0.15, 0.2) is 35.5 Å². The predicted octanol–water partition coefficient (Wildman–Crippen LogP) is 4.29. The first-order valence-corrected chi connectivity index (χ1v) is 11.9. The Bertz CT molecular complexity index is 889. The number of nitrogens with one attached hydrogen (secondary N) is 1. The zero-order valence-electron chi connectivity index (χ0n) is 19.3. The molecule has 1 N–H and O–H groups in total. The van der Waals surface area contributed by atoms with E-state index in [2.05, 4.69) is 50.9 Å². The number of amides is 1. The number of carbonyl (C=O) groups is 1. The summed E-state index contributed by atoms with van der Waals surface area (Å²) in [6, 6.07) is 9.90. The van der Waals surface area contributed by atoms with Crippen LogP contribution >= 0.6 is 11.8 Å². The maximum absolute atomic E-state index is 12.4. The lowest BCUT2D eigenvalue weighted by Crippen LogP contribution is -2.37. The van der Waals surface area contributed by atoms with E-state index in [9.17, 15) is 4.79 Å². The number of hydrogen-bond donors (Lipinski definition) is 1. The molecule has 1 fully saturated rings. The number of carbonyl (C=O) groups excluding carboxylic acids is 1. The minimum absolute atomic E-state index is 0.0267. The van der Waals surface area contributed by atoms with E-state index >= 15 is 0 Å². The molecule has 1 aromatic heterocycles. The molecule has 2 heterocycles. The molecule has 0 radical (unpaired) electrons. The quantitative estimate of drug-likeness (QED) is 0.510. The Hall–Kier alpha value is -2.12. The van der Waals surface area contributed by atoms with Crippen LogP contribution in [0.5, 0.6) is 0 Å². The van der Waals surface area contributed by atoms with Gasteiger partial charge in [-0.25, -0.2) is 9.97 Å². The van der Waals surface area contributed by atoms with Gasteiger partial charge in [0.15, 0.2) is 5.16 Å². The van der Waals surface area contributed by atoms with Gasteiger partial charge in [0.1, 0.15) is 5.82 Å². The summed E-state index contributed by atoms with van der Waals surface area (Å²) in [5, 5.41) is 3.75. The number of morpholine rings is 1. The molecular formula is C24H34N4O2S. The predicted molar refractivity (Wildman–Crippen MR) is 127 cm³/mol. The Balaban J connectivity index is 1.75. The van der Waals surface area contributed by atoms with E-state index in [1.54, 1.807) is 11.8 Å². The zero-order chi connectivity index (χ0) is 22.4. The van der Waals surface area contributed by atoms with Crippen molar-refractivity contribution in [3.8, 4) is 0 Å². The van der Waals surface area contributed by atoms with Crippen LogP contribution in [0.2, 0.25) is 0 Å². The van der Waals surface area contributed by atoms with Crippen molar-refractivity contribution in [2.45, 2.75) is 50.9 Å². The maximum Gasteiger partial charge on any atom is 0.251 e. The van der Waals surface area contributed by atoms with Crippen molar-refractivity contribution in [2.24, 2.45) is 5.92 Å². The van der Waals surface area contributed by atoms with Gasteiger partial charge in [-0.3, -0.25) is 4.79 Å². The Morgan fingerprint density at radius 1 is 1.19 bits per heavy atom. The van der Waals surface area contributed by atoms with Crippen molar-refractivity contribution in [3.63, 3.8) is 0 Å². The van der Waals surface area contributed by atoms with Crippen LogP contribution in [0.3, 0.4) is 0 Å². The third-order valence-corrected chi connectivity index (χ3v) is 5.94. The van der Waals surface area contributed by atoms with E-state index in [-0.39, 0.29) is 11.3 Å². The number of rotatable bonds is 7. The van der Waals surface area contributed by atoms with Gasteiger partial charge in [0.05, 0.1) is 18.9 Å². The highest BCUT2D eigenvalue weighted by atomic mass is 32.2. The zero-order valence-corrected chi connectivity index (χ0v) is 20.1. The molecule has 1 aliphatic heterocycles. The molecule has 6 nitrogen and oxygen atoms in total. The van der Waals surface area contributed by atoms with Crippen molar-refractivity contribution in [3.05, 3.63) is 47.2 Å². The average molecular weight is 443 g/mol. The topological polar surface area (TPSA) is 67.4 Å². The summed E-state index contributed by atoms with van der Waals surface area (Å²) < 4.78 is 5.49. The first kappa shape index (κ1) is 23.5. The van der Waals surface area contributed by atoms with Gasteiger partial charge < -0.3 is 15.0 Å². The van der Waals surface area contributed by atoms with Gasteiger partial charge in [-0.1, -0.05) is 58.5 Å². The molecule has 31 heavy (non-hydrogen) atoms. The second-order valence-electron chi connectivity index (χ2n) is 9.34. The Labute approximate surface area is 190 Å². The molecule has 0 aliphatic carbocycles. The molecule has 1 amide bonds. The highest BCUT2D eigenvalue weighted by Gasteiger charge is 2.21. The fraction of sp³-hybridized carbons (Fsp3) is 0.542. The lowest BCUT2D eigenvalue weighted by atomic mass is 9.92. The molecule has 0 spiro atoms. The summed E-state index contributed by atoms with van der Waals surface area (Å²) in [5.74, 6) is 2.07. The Morgan fingerprint density at radius 2 is 1.94 bits per heavy atom. The van der Waals surface area contributed by atoms with Crippen molar-refractivity contribution in [1.82, 2.24) is 15.3 Å². The van der Waals surface area contributed by atoms with Crippen LogP contribution in [-0.2, 0) is 15.9 Å². The van der Waals surface area contributed by atoms with Crippen LogP contribution in [0.1, 0.15) is 56.2 Å². The molecule has 2 aromatic rings. The van der Waals surface area contributed by atoms with Crippen molar-refractivity contribution in [1.29, 1.82) is 0 Å². The molecule has 1 aromatic carbocycles. The summed E-state index contributed by atoms with van der Waals surface area (Å²) in [4.78, 5) is 24.3. The second kappa shape index (κ2) is 10.5. The maximum atomic E-state index is 12.4. The fourth-order valence-electron chi connectivity index (χ4n) is 3.17. The molecule has 1 aliphatic rings. The van der Waals surface area contributed by atoms with Gasteiger partial charge in [0.2, 0.25) is 0 Å². The average Bonchev–Trinajstić information content (AvgIpc) is 2.76. The molecular weight excluding hydrogens is 408 g/mol. The lowest BCUT2D eigenvalue weighted by molar-refractivity contribution is 0.0949. The normalized spacial score (nSPS) is 14.7. The lowest BCUT2D eigenvalue weighted by Gasteiger charge is -2.29. The van der Waals surface area contributed by atoms with Crippen LogP contribution < -0.4 is 10.2 Å². The number of aromatic nitrogens is 2. The summed E-state index contributed by atoms with van der Waals surface area (Å²) in [6.45, 7) is 14.5. The molecule has 0 bridgehead atoms. The largest absolute Gasteiger partial charge is 0.378 e. The van der Waals surface area contributed by atoms with Gasteiger partial charge in [0.25, 0.3) is 5.91 Å². The van der Waals surface area contributed by atoms with E-state index in [1.807, 2.05) is 24.3 Å². The number of hydrogen-bond acceptors (Lipinski definition) is 6. The van der Waals surface area contributed by atoms with E-state index in [4.69, 9.17) is 14.7 Å². The molecule has 7 heteroatoms. The van der Waals surface area contributed by atoms with Crippen LogP contribution in [0.25, 0.3) is 0 Å². The summed E-state index contributed by atoms with van der Waals surface area (Å²) >= 11 is 1.61. The Morgan fingerprint density at radius 3 is 2.61 bits per heavy atom. The number of nitrogens with zero attached hydrogens (tertiary/aromatic N) is 3. The van der Waals surface area contributed by atoms with Gasteiger partial charge in [-0.05, 0) is 23.6 Å². The van der Waals surface area contributed by atoms with Crippen molar-refractivity contribution < 1.29 is 9.53 Å². The molecule has 0 atom stereocenters. The third kappa shape index (κ3) is 6.94. The molecule has 1 saturated heterocycles. The minimum atomic E-state index is -0.0618. The standard InChI is InChI=1S/C24H34N4O2S/c1-17(2)15-25-22(29)19-8-6-7-18(13-19)16-31-23-26-20(24(3,4)5)14-21(27-23)28-9-11-30-12-10-28/h6-8,13-14,17H,9-12,15-16H2,1-5H3,(H,25,29). The molecule has 168 valence electrons. The Kier molecular flexibility index (Phi) is 7.94. The van der Waals surface area contributed by atoms with Gasteiger partial charge in [-0.2, -0.15) is 0 Å². The molecule has 3 rings (SSSR count). The second-order valence-corrected chi connectivity index (χ2v) is 10.3. The van der Waals surface area contributed by atoms with Crippen LogP contribution in [0.4, 0.5) is 5.82 Å². The first-order valence-electron chi connectivity index (χ1n) is 10.9. The smallest absolute Gasteiger partial charge is 0.251 e. The molecule has 0 unspecified atom stereocenters. The SMILES string of the molecule is CC(C)CNC(=O)c1cccc(CSc2nc(N3CCOCC3)cc(C(C)(C)C)n2)c1. The van der Waals surface area contributed by atoms with Gasteiger partial charge in [0, 0.05) is 42.4 Å². The highest BCUT2D eigenvalue weighted by molar-refractivity contribution is 7.98.